The van der Waals surface area contributed by atoms with Gasteiger partial charge in [0.25, 0.3) is 5.91 Å². The molecule has 0 saturated carbocycles. The van der Waals surface area contributed by atoms with E-state index in [1.807, 2.05) is 36.4 Å². The average molecular weight is 411 g/mol. The normalized spacial score (nSPS) is 10.5. The van der Waals surface area contributed by atoms with Crippen molar-refractivity contribution in [1.82, 2.24) is 14.8 Å². The van der Waals surface area contributed by atoms with Gasteiger partial charge in [-0.2, -0.15) is 5.10 Å². The van der Waals surface area contributed by atoms with Gasteiger partial charge in [-0.15, -0.1) is 0 Å². The van der Waals surface area contributed by atoms with Gasteiger partial charge in [0, 0.05) is 41.9 Å². The molecule has 4 aromatic rings. The second-order valence-corrected chi connectivity index (χ2v) is 6.85. The Kier molecular flexibility index (Phi) is 5.84. The molecule has 0 bridgehead atoms. The lowest BCUT2D eigenvalue weighted by molar-refractivity contribution is -0.115. The highest BCUT2D eigenvalue weighted by atomic mass is 16.2. The summed E-state index contributed by atoms with van der Waals surface area (Å²) in [5.74, 6) is -0.397. The number of para-hydroxylation sites is 1. The van der Waals surface area contributed by atoms with Gasteiger partial charge in [0.05, 0.1) is 11.3 Å². The van der Waals surface area contributed by atoms with Gasteiger partial charge in [-0.25, -0.2) is 4.68 Å². The Labute approximate surface area is 179 Å². The molecule has 0 radical (unpaired) electrons. The van der Waals surface area contributed by atoms with Crippen molar-refractivity contribution in [1.29, 1.82) is 0 Å². The largest absolute Gasteiger partial charge is 0.326 e. The van der Waals surface area contributed by atoms with E-state index in [-0.39, 0.29) is 11.8 Å². The van der Waals surface area contributed by atoms with Crippen LogP contribution in [0.4, 0.5) is 11.4 Å². The monoisotopic (exact) mass is 411 g/mol. The molecule has 2 aromatic heterocycles. The van der Waals surface area contributed by atoms with Crippen molar-refractivity contribution in [2.75, 3.05) is 10.6 Å². The fraction of sp³-hybridized carbons (Fsp3) is 0.0833. The number of benzene rings is 2. The highest BCUT2D eigenvalue weighted by molar-refractivity contribution is 6.08. The Hall–Kier alpha value is -4.26. The SMILES string of the molecule is CCC(=O)Nc1cccc(NC(=O)c2cn(-c3ccccc3)nc2-c2cccnc2)c1. The number of aromatic nitrogens is 3. The zero-order chi connectivity index (χ0) is 21.6. The van der Waals surface area contributed by atoms with Crippen molar-refractivity contribution in [3.8, 4) is 16.9 Å². The van der Waals surface area contributed by atoms with Gasteiger partial charge in [0.15, 0.2) is 0 Å². The van der Waals surface area contributed by atoms with E-state index < -0.39 is 0 Å². The third kappa shape index (κ3) is 4.67. The van der Waals surface area contributed by atoms with Crippen LogP contribution in [-0.4, -0.2) is 26.6 Å². The Morgan fingerprint density at radius 1 is 0.935 bits per heavy atom. The number of pyridine rings is 1. The van der Waals surface area contributed by atoms with Crippen molar-refractivity contribution in [3.05, 3.63) is 90.9 Å². The van der Waals surface area contributed by atoms with Crippen LogP contribution in [0.2, 0.25) is 0 Å². The maximum absolute atomic E-state index is 13.2. The summed E-state index contributed by atoms with van der Waals surface area (Å²) in [6, 6.07) is 20.3. The third-order valence-corrected chi connectivity index (χ3v) is 4.64. The summed E-state index contributed by atoms with van der Waals surface area (Å²) in [5.41, 5.74) is 3.73. The molecule has 4 rings (SSSR count). The molecule has 0 spiro atoms. The van der Waals surface area contributed by atoms with Gasteiger partial charge < -0.3 is 10.6 Å². The smallest absolute Gasteiger partial charge is 0.259 e. The van der Waals surface area contributed by atoms with E-state index >= 15 is 0 Å². The molecule has 0 aliphatic carbocycles. The van der Waals surface area contributed by atoms with Crippen LogP contribution >= 0.6 is 0 Å². The predicted octanol–water partition coefficient (Wildman–Crippen LogP) is 4.54. The number of carbonyl (C=O) groups is 2. The highest BCUT2D eigenvalue weighted by Crippen LogP contribution is 2.25. The van der Waals surface area contributed by atoms with E-state index in [2.05, 4.69) is 20.7 Å². The maximum atomic E-state index is 13.2. The summed E-state index contributed by atoms with van der Waals surface area (Å²) >= 11 is 0. The zero-order valence-corrected chi connectivity index (χ0v) is 16.9. The first-order valence-electron chi connectivity index (χ1n) is 9.91. The highest BCUT2D eigenvalue weighted by Gasteiger charge is 2.19. The van der Waals surface area contributed by atoms with Crippen molar-refractivity contribution in [2.24, 2.45) is 0 Å². The van der Waals surface area contributed by atoms with Gasteiger partial charge in [0.1, 0.15) is 5.69 Å². The molecule has 31 heavy (non-hydrogen) atoms. The number of nitrogens with zero attached hydrogens (tertiary/aromatic N) is 3. The number of rotatable bonds is 6. The fourth-order valence-corrected chi connectivity index (χ4v) is 3.09. The number of carbonyl (C=O) groups excluding carboxylic acids is 2. The van der Waals surface area contributed by atoms with Crippen LogP contribution in [0.1, 0.15) is 23.7 Å². The van der Waals surface area contributed by atoms with Crippen LogP contribution in [0.25, 0.3) is 16.9 Å². The minimum atomic E-state index is -0.306. The van der Waals surface area contributed by atoms with E-state index in [0.29, 0.717) is 29.1 Å². The molecule has 0 saturated heterocycles. The molecule has 0 unspecified atom stereocenters. The quantitative estimate of drug-likeness (QED) is 0.488. The fourth-order valence-electron chi connectivity index (χ4n) is 3.09. The van der Waals surface area contributed by atoms with Crippen molar-refractivity contribution in [3.63, 3.8) is 0 Å². The van der Waals surface area contributed by atoms with Crippen LogP contribution in [0, 0.1) is 0 Å². The van der Waals surface area contributed by atoms with Gasteiger partial charge >= 0.3 is 0 Å². The molecule has 154 valence electrons. The van der Waals surface area contributed by atoms with E-state index in [4.69, 9.17) is 0 Å². The molecular weight excluding hydrogens is 390 g/mol. The molecule has 2 amide bonds. The molecule has 7 nitrogen and oxygen atoms in total. The van der Waals surface area contributed by atoms with Gasteiger partial charge in [-0.05, 0) is 42.5 Å². The van der Waals surface area contributed by atoms with Gasteiger partial charge in [-0.1, -0.05) is 31.2 Å². The van der Waals surface area contributed by atoms with Crippen LogP contribution in [0.5, 0.6) is 0 Å². The standard InChI is InChI=1S/C24H21N5O2/c1-2-22(30)26-18-9-6-10-19(14-18)27-24(31)21-16-29(20-11-4-3-5-12-20)28-23(21)17-8-7-13-25-15-17/h3-16H,2H2,1H3,(H,26,30)(H,27,31). The first kappa shape index (κ1) is 20.0. The summed E-state index contributed by atoms with van der Waals surface area (Å²) < 4.78 is 1.68. The molecule has 2 heterocycles. The molecule has 7 heteroatoms. The van der Waals surface area contributed by atoms with Crippen molar-refractivity contribution >= 4 is 23.2 Å². The number of amides is 2. The number of nitrogens with one attached hydrogen (secondary N) is 2. The first-order chi connectivity index (χ1) is 15.1. The van der Waals surface area contributed by atoms with Crippen LogP contribution in [-0.2, 0) is 4.79 Å². The Balaban J connectivity index is 1.67. The summed E-state index contributed by atoms with van der Waals surface area (Å²) in [6.45, 7) is 1.78. The van der Waals surface area contributed by atoms with Crippen molar-refractivity contribution < 1.29 is 9.59 Å². The van der Waals surface area contributed by atoms with Crippen LogP contribution < -0.4 is 10.6 Å². The topological polar surface area (TPSA) is 88.9 Å². The maximum Gasteiger partial charge on any atom is 0.259 e. The lowest BCUT2D eigenvalue weighted by Gasteiger charge is -2.08. The molecule has 0 aliphatic heterocycles. The molecule has 0 fully saturated rings. The van der Waals surface area contributed by atoms with Gasteiger partial charge in [0.2, 0.25) is 5.91 Å². The van der Waals surface area contributed by atoms with Crippen molar-refractivity contribution in [2.45, 2.75) is 13.3 Å². The third-order valence-electron chi connectivity index (χ3n) is 4.64. The minimum absolute atomic E-state index is 0.0912. The minimum Gasteiger partial charge on any atom is -0.326 e. The Morgan fingerprint density at radius 2 is 1.71 bits per heavy atom. The van der Waals surface area contributed by atoms with E-state index in [9.17, 15) is 9.59 Å². The second kappa shape index (κ2) is 9.04. The van der Waals surface area contributed by atoms with E-state index in [1.54, 1.807) is 60.5 Å². The number of hydrogen-bond donors (Lipinski definition) is 2. The zero-order valence-electron chi connectivity index (χ0n) is 16.9. The number of hydrogen-bond acceptors (Lipinski definition) is 4. The Bertz CT molecular complexity index is 1200. The number of anilines is 2. The summed E-state index contributed by atoms with van der Waals surface area (Å²) in [4.78, 5) is 29.0. The lowest BCUT2D eigenvalue weighted by Crippen LogP contribution is -2.13. The lowest BCUT2D eigenvalue weighted by atomic mass is 10.1. The first-order valence-corrected chi connectivity index (χ1v) is 9.91. The average Bonchev–Trinajstić information content (AvgIpc) is 3.26. The Morgan fingerprint density at radius 3 is 2.42 bits per heavy atom. The molecule has 2 N–H and O–H groups in total. The molecular formula is C24H21N5O2. The van der Waals surface area contributed by atoms with Crippen LogP contribution in [0.15, 0.2) is 85.3 Å². The van der Waals surface area contributed by atoms with Gasteiger partial charge in [-0.3, -0.25) is 14.6 Å². The molecule has 0 aliphatic rings. The van der Waals surface area contributed by atoms with E-state index in [1.165, 1.54) is 0 Å². The van der Waals surface area contributed by atoms with Crippen LogP contribution in [0.3, 0.4) is 0 Å². The molecule has 2 aromatic carbocycles. The van der Waals surface area contributed by atoms with E-state index in [0.717, 1.165) is 11.3 Å². The summed E-state index contributed by atoms with van der Waals surface area (Å²) in [5, 5.41) is 10.3. The second-order valence-electron chi connectivity index (χ2n) is 6.85. The summed E-state index contributed by atoms with van der Waals surface area (Å²) in [6.07, 6.45) is 5.43. The summed E-state index contributed by atoms with van der Waals surface area (Å²) in [7, 11) is 0. The predicted molar refractivity (Wildman–Crippen MR) is 120 cm³/mol. The molecule has 0 atom stereocenters.